The fraction of sp³-hybridized carbons (Fsp3) is 0.167. The van der Waals surface area contributed by atoms with Gasteiger partial charge in [0.25, 0.3) is 0 Å². The van der Waals surface area contributed by atoms with Crippen molar-refractivity contribution in [1.82, 2.24) is 0 Å². The Morgan fingerprint density at radius 1 is 1.05 bits per heavy atom. The fourth-order valence-corrected chi connectivity index (χ4v) is 1.54. The third-order valence-electron chi connectivity index (χ3n) is 2.54. The Bertz CT molecular complexity index is 616. The molecule has 0 unspecified atom stereocenters. The van der Waals surface area contributed by atoms with Crippen LogP contribution in [0.15, 0.2) is 30.3 Å². The molecule has 0 spiro atoms. The molecule has 20 heavy (non-hydrogen) atoms. The Kier molecular flexibility index (Phi) is 3.11. The van der Waals surface area contributed by atoms with Gasteiger partial charge in [-0.15, -0.1) is 0 Å². The number of halogens is 5. The Labute approximate surface area is 108 Å². The van der Waals surface area contributed by atoms with E-state index in [4.69, 9.17) is 0 Å². The first-order valence-electron chi connectivity index (χ1n) is 5.17. The van der Waals surface area contributed by atoms with Gasteiger partial charge in [-0.1, -0.05) is 18.2 Å². The van der Waals surface area contributed by atoms with Gasteiger partial charge in [0, 0.05) is 11.6 Å². The number of alkyl halides is 5. The van der Waals surface area contributed by atoms with E-state index < -0.39 is 29.6 Å². The van der Waals surface area contributed by atoms with E-state index >= 15 is 0 Å². The smallest absolute Gasteiger partial charge is 0.422 e. The lowest BCUT2D eigenvalue weighted by Crippen LogP contribution is -2.43. The number of benzene rings is 1. The summed E-state index contributed by atoms with van der Waals surface area (Å²) in [5.74, 6) is -9.58. The van der Waals surface area contributed by atoms with Gasteiger partial charge in [-0.2, -0.15) is 22.0 Å². The van der Waals surface area contributed by atoms with Gasteiger partial charge in [-0.05, 0) is 6.07 Å². The summed E-state index contributed by atoms with van der Waals surface area (Å²) in [6.45, 7) is 0. The van der Waals surface area contributed by atoms with Crippen LogP contribution in [0.25, 0.3) is 5.76 Å². The summed E-state index contributed by atoms with van der Waals surface area (Å²) in [7, 11) is 0. The zero-order valence-corrected chi connectivity index (χ0v) is 9.50. The van der Waals surface area contributed by atoms with Gasteiger partial charge < -0.3 is 4.74 Å². The van der Waals surface area contributed by atoms with E-state index in [9.17, 15) is 31.5 Å². The number of ketones is 1. The van der Waals surface area contributed by atoms with Gasteiger partial charge in [0.1, 0.15) is 5.76 Å². The Balaban J connectivity index is 2.40. The van der Waals surface area contributed by atoms with Crippen molar-refractivity contribution in [2.45, 2.75) is 12.1 Å². The summed E-state index contributed by atoms with van der Waals surface area (Å²) in [6.07, 6.45) is -6.03. The second-order valence-corrected chi connectivity index (χ2v) is 3.88. The van der Waals surface area contributed by atoms with Crippen LogP contribution >= 0.6 is 0 Å². The Morgan fingerprint density at radius 3 is 2.15 bits per heavy atom. The van der Waals surface area contributed by atoms with Crippen molar-refractivity contribution >= 4 is 17.5 Å². The first-order chi connectivity index (χ1) is 9.14. The molecule has 1 aromatic carbocycles. The number of carbonyl (C=O) groups is 2. The van der Waals surface area contributed by atoms with Crippen LogP contribution < -0.4 is 0 Å². The highest BCUT2D eigenvalue weighted by Crippen LogP contribution is 2.38. The fourth-order valence-electron chi connectivity index (χ4n) is 1.54. The molecule has 0 aromatic heterocycles. The molecule has 1 aliphatic heterocycles. The number of rotatable bonds is 2. The molecule has 1 heterocycles. The van der Waals surface area contributed by atoms with Crippen molar-refractivity contribution in [3.8, 4) is 0 Å². The normalized spacial score (nSPS) is 17.1. The molecule has 0 aliphatic carbocycles. The molecule has 8 heteroatoms. The third kappa shape index (κ3) is 2.17. The van der Waals surface area contributed by atoms with Crippen LogP contribution in [0, 0.1) is 0 Å². The maximum atomic E-state index is 12.8. The number of hydrogen-bond acceptors (Lipinski definition) is 3. The van der Waals surface area contributed by atoms with Crippen LogP contribution in [0.2, 0.25) is 0 Å². The van der Waals surface area contributed by atoms with Crippen molar-refractivity contribution in [3.63, 3.8) is 0 Å². The number of carbonyl (C=O) groups excluding carboxylic acids is 2. The van der Waals surface area contributed by atoms with Crippen molar-refractivity contribution in [2.24, 2.45) is 0 Å². The second-order valence-electron chi connectivity index (χ2n) is 3.88. The molecule has 3 nitrogen and oxygen atoms in total. The lowest BCUT2D eigenvalue weighted by Gasteiger charge is -2.16. The molecule has 0 fully saturated rings. The SMILES string of the molecule is O=C1O/C(=C/C(=O)C(F)(F)C(F)(F)F)c2ccccc21. The first-order valence-corrected chi connectivity index (χ1v) is 5.17. The molecule has 1 aliphatic rings. The maximum absolute atomic E-state index is 12.8. The van der Waals surface area contributed by atoms with Gasteiger partial charge in [-0.25, -0.2) is 4.79 Å². The summed E-state index contributed by atoms with van der Waals surface area (Å²) < 4.78 is 66.2. The Hall–Kier alpha value is -2.25. The first kappa shape index (κ1) is 14.2. The topological polar surface area (TPSA) is 43.4 Å². The molecule has 0 amide bonds. The van der Waals surface area contributed by atoms with Gasteiger partial charge in [0.05, 0.1) is 5.56 Å². The molecular formula is C12H5F5O3. The molecule has 1 aromatic rings. The molecule has 0 saturated heterocycles. The van der Waals surface area contributed by atoms with E-state index in [2.05, 4.69) is 4.74 Å². The highest BCUT2D eigenvalue weighted by Gasteiger charge is 2.62. The zero-order chi connectivity index (χ0) is 15.1. The molecule has 0 N–H and O–H groups in total. The molecule has 106 valence electrons. The van der Waals surface area contributed by atoms with E-state index in [0.717, 1.165) is 0 Å². The molecule has 0 bridgehead atoms. The van der Waals surface area contributed by atoms with Crippen LogP contribution in [0.5, 0.6) is 0 Å². The number of hydrogen-bond donors (Lipinski definition) is 0. The lowest BCUT2D eigenvalue weighted by atomic mass is 10.1. The molecule has 0 atom stereocenters. The van der Waals surface area contributed by atoms with Gasteiger partial charge >= 0.3 is 18.1 Å². The quantitative estimate of drug-likeness (QED) is 0.478. The molecule has 0 saturated carbocycles. The van der Waals surface area contributed by atoms with Crippen molar-refractivity contribution in [3.05, 3.63) is 41.5 Å². The van der Waals surface area contributed by atoms with Crippen molar-refractivity contribution in [1.29, 1.82) is 0 Å². The van der Waals surface area contributed by atoms with E-state index in [0.29, 0.717) is 0 Å². The molecular weight excluding hydrogens is 287 g/mol. The summed E-state index contributed by atoms with van der Waals surface area (Å²) in [6, 6.07) is 5.44. The minimum Gasteiger partial charge on any atom is -0.422 e. The van der Waals surface area contributed by atoms with Gasteiger partial charge in [0.15, 0.2) is 0 Å². The van der Waals surface area contributed by atoms with Crippen LogP contribution in [0.3, 0.4) is 0 Å². The van der Waals surface area contributed by atoms with E-state index in [1.807, 2.05) is 0 Å². The van der Waals surface area contributed by atoms with Crippen molar-refractivity contribution < 1.29 is 36.3 Å². The molecule has 0 radical (unpaired) electrons. The number of ether oxygens (including phenoxy) is 1. The standard InChI is InChI=1S/C12H5F5O3/c13-11(14,12(15,16)17)9(18)5-8-6-3-1-2-4-7(6)10(19)20-8/h1-5H/b8-5+. The monoisotopic (exact) mass is 292 g/mol. The van der Waals surface area contributed by atoms with E-state index in [1.54, 1.807) is 0 Å². The van der Waals surface area contributed by atoms with E-state index in [1.165, 1.54) is 24.3 Å². The Morgan fingerprint density at radius 2 is 1.60 bits per heavy atom. The second kappa shape index (κ2) is 4.39. The predicted molar refractivity (Wildman–Crippen MR) is 55.8 cm³/mol. The third-order valence-corrected chi connectivity index (χ3v) is 2.54. The van der Waals surface area contributed by atoms with E-state index in [-0.39, 0.29) is 17.2 Å². The summed E-state index contributed by atoms with van der Waals surface area (Å²) in [5, 5.41) is 0. The summed E-state index contributed by atoms with van der Waals surface area (Å²) in [5.41, 5.74) is -0.0225. The number of cyclic esters (lactones) is 1. The van der Waals surface area contributed by atoms with Crippen LogP contribution in [0.1, 0.15) is 15.9 Å². The summed E-state index contributed by atoms with van der Waals surface area (Å²) >= 11 is 0. The average Bonchev–Trinajstić information content (AvgIpc) is 2.65. The minimum absolute atomic E-state index is 0.0103. The van der Waals surface area contributed by atoms with Crippen molar-refractivity contribution in [2.75, 3.05) is 0 Å². The minimum atomic E-state index is -6.01. The number of fused-ring (bicyclic) bond motifs is 1. The highest BCUT2D eigenvalue weighted by atomic mass is 19.4. The van der Waals surface area contributed by atoms with Gasteiger partial charge in [-0.3, -0.25) is 4.79 Å². The van der Waals surface area contributed by atoms with Crippen LogP contribution in [-0.2, 0) is 9.53 Å². The van der Waals surface area contributed by atoms with Gasteiger partial charge in [0.2, 0.25) is 5.78 Å². The summed E-state index contributed by atoms with van der Waals surface area (Å²) in [4.78, 5) is 22.4. The number of esters is 1. The predicted octanol–water partition coefficient (Wildman–Crippen LogP) is 2.96. The molecule has 2 rings (SSSR count). The van der Waals surface area contributed by atoms with Crippen LogP contribution in [-0.4, -0.2) is 23.9 Å². The highest BCUT2D eigenvalue weighted by molar-refractivity contribution is 6.08. The average molecular weight is 292 g/mol. The van der Waals surface area contributed by atoms with Crippen LogP contribution in [0.4, 0.5) is 22.0 Å². The lowest BCUT2D eigenvalue weighted by molar-refractivity contribution is -0.266. The number of allylic oxidation sites excluding steroid dienone is 1. The zero-order valence-electron chi connectivity index (χ0n) is 9.50. The maximum Gasteiger partial charge on any atom is 0.461 e. The largest absolute Gasteiger partial charge is 0.461 e.